The molecular formula is C17H27FN2O. The second-order valence-corrected chi connectivity index (χ2v) is 6.25. The molecular weight excluding hydrogens is 267 g/mol. The number of benzene rings is 1. The predicted molar refractivity (Wildman–Crippen MR) is 83.7 cm³/mol. The van der Waals surface area contributed by atoms with E-state index in [1.165, 1.54) is 6.07 Å². The average Bonchev–Trinajstić information content (AvgIpc) is 2.49. The van der Waals surface area contributed by atoms with Crippen LogP contribution in [-0.4, -0.2) is 54.2 Å². The van der Waals surface area contributed by atoms with Crippen molar-refractivity contribution in [1.82, 2.24) is 9.80 Å². The van der Waals surface area contributed by atoms with E-state index < -0.39 is 6.10 Å². The van der Waals surface area contributed by atoms with Gasteiger partial charge >= 0.3 is 0 Å². The Labute approximate surface area is 127 Å². The molecule has 3 unspecified atom stereocenters. The summed E-state index contributed by atoms with van der Waals surface area (Å²) in [4.78, 5) is 4.79. The standard InChI is InChI=1S/C17H27FN2O/c1-4-14-12-20(10-9-19(14)3)11-13(2)17(21)15-7-5-6-8-16(15)18/h5-8,13-14,17,21H,4,9-12H2,1-3H3. The van der Waals surface area contributed by atoms with Crippen molar-refractivity contribution in [3.8, 4) is 0 Å². The number of halogens is 1. The summed E-state index contributed by atoms with van der Waals surface area (Å²) in [6.07, 6.45) is 0.392. The Morgan fingerprint density at radius 2 is 2.05 bits per heavy atom. The van der Waals surface area contributed by atoms with E-state index in [9.17, 15) is 9.50 Å². The molecule has 1 aliphatic rings. The Morgan fingerprint density at radius 3 is 2.71 bits per heavy atom. The number of piperazine rings is 1. The minimum Gasteiger partial charge on any atom is -0.388 e. The molecule has 0 aliphatic carbocycles. The number of likely N-dealkylation sites (N-methyl/N-ethyl adjacent to an activating group) is 1. The maximum atomic E-state index is 13.8. The first-order valence-corrected chi connectivity index (χ1v) is 7.88. The zero-order valence-electron chi connectivity index (χ0n) is 13.3. The van der Waals surface area contributed by atoms with Crippen LogP contribution < -0.4 is 0 Å². The van der Waals surface area contributed by atoms with Crippen molar-refractivity contribution in [2.24, 2.45) is 5.92 Å². The average molecular weight is 294 g/mol. The van der Waals surface area contributed by atoms with Crippen molar-refractivity contribution >= 4 is 0 Å². The van der Waals surface area contributed by atoms with Crippen LogP contribution in [0.3, 0.4) is 0 Å². The third-order valence-corrected chi connectivity index (χ3v) is 4.64. The number of nitrogens with zero attached hydrogens (tertiary/aromatic N) is 2. The fourth-order valence-electron chi connectivity index (χ4n) is 3.15. The third kappa shape index (κ3) is 4.02. The summed E-state index contributed by atoms with van der Waals surface area (Å²) in [6, 6.07) is 7.10. The molecule has 1 fully saturated rings. The van der Waals surface area contributed by atoms with Gasteiger partial charge in [0.15, 0.2) is 0 Å². The Balaban J connectivity index is 1.95. The van der Waals surface area contributed by atoms with Crippen LogP contribution in [0.1, 0.15) is 31.9 Å². The van der Waals surface area contributed by atoms with E-state index in [1.807, 2.05) is 6.92 Å². The second kappa shape index (κ2) is 7.34. The van der Waals surface area contributed by atoms with Gasteiger partial charge in [0.2, 0.25) is 0 Å². The Kier molecular flexibility index (Phi) is 5.73. The lowest BCUT2D eigenvalue weighted by atomic mass is 9.96. The van der Waals surface area contributed by atoms with Crippen molar-refractivity contribution in [2.45, 2.75) is 32.4 Å². The van der Waals surface area contributed by atoms with Gasteiger partial charge in [0.05, 0.1) is 6.10 Å². The quantitative estimate of drug-likeness (QED) is 0.904. The van der Waals surface area contributed by atoms with Gasteiger partial charge in [-0.05, 0) is 25.5 Å². The monoisotopic (exact) mass is 294 g/mol. The summed E-state index contributed by atoms with van der Waals surface area (Å²) >= 11 is 0. The van der Waals surface area contributed by atoms with E-state index in [-0.39, 0.29) is 11.7 Å². The van der Waals surface area contributed by atoms with Crippen molar-refractivity contribution < 1.29 is 9.50 Å². The molecule has 1 aromatic carbocycles. The zero-order chi connectivity index (χ0) is 15.4. The topological polar surface area (TPSA) is 26.7 Å². The van der Waals surface area contributed by atoms with Crippen molar-refractivity contribution in [1.29, 1.82) is 0 Å². The first-order chi connectivity index (χ1) is 10.0. The van der Waals surface area contributed by atoms with E-state index in [4.69, 9.17) is 0 Å². The molecule has 1 aromatic rings. The molecule has 21 heavy (non-hydrogen) atoms. The fourth-order valence-corrected chi connectivity index (χ4v) is 3.15. The highest BCUT2D eigenvalue weighted by Crippen LogP contribution is 2.25. The van der Waals surface area contributed by atoms with Crippen molar-refractivity contribution in [2.75, 3.05) is 33.2 Å². The molecule has 0 radical (unpaired) electrons. The van der Waals surface area contributed by atoms with E-state index in [2.05, 4.69) is 23.8 Å². The maximum Gasteiger partial charge on any atom is 0.129 e. The molecule has 1 aliphatic heterocycles. The van der Waals surface area contributed by atoms with Gasteiger partial charge in [0.1, 0.15) is 5.82 Å². The molecule has 0 spiro atoms. The van der Waals surface area contributed by atoms with Crippen LogP contribution in [0.15, 0.2) is 24.3 Å². The maximum absolute atomic E-state index is 13.8. The summed E-state index contributed by atoms with van der Waals surface area (Å²) in [6.45, 7) is 8.11. The van der Waals surface area contributed by atoms with Gasteiger partial charge in [-0.2, -0.15) is 0 Å². The normalized spacial score (nSPS) is 24.0. The molecule has 118 valence electrons. The zero-order valence-corrected chi connectivity index (χ0v) is 13.3. The first-order valence-electron chi connectivity index (χ1n) is 7.88. The van der Waals surface area contributed by atoms with E-state index in [0.717, 1.165) is 32.6 Å². The third-order valence-electron chi connectivity index (χ3n) is 4.64. The van der Waals surface area contributed by atoms with Gasteiger partial charge in [0.25, 0.3) is 0 Å². The largest absolute Gasteiger partial charge is 0.388 e. The smallest absolute Gasteiger partial charge is 0.129 e. The number of hydrogen-bond donors (Lipinski definition) is 1. The lowest BCUT2D eigenvalue weighted by Crippen LogP contribution is -2.52. The van der Waals surface area contributed by atoms with Crippen LogP contribution >= 0.6 is 0 Å². The molecule has 1 heterocycles. The number of aliphatic hydroxyl groups excluding tert-OH is 1. The number of aliphatic hydroxyl groups is 1. The molecule has 3 nitrogen and oxygen atoms in total. The summed E-state index contributed by atoms with van der Waals surface area (Å²) in [5.41, 5.74) is 0.408. The highest BCUT2D eigenvalue weighted by atomic mass is 19.1. The van der Waals surface area contributed by atoms with Crippen LogP contribution in [0.2, 0.25) is 0 Å². The lowest BCUT2D eigenvalue weighted by molar-refractivity contribution is 0.0462. The fraction of sp³-hybridized carbons (Fsp3) is 0.647. The van der Waals surface area contributed by atoms with Gasteiger partial charge in [0, 0.05) is 37.8 Å². The SMILES string of the molecule is CCC1CN(CC(C)C(O)c2ccccc2F)CCN1C. The van der Waals surface area contributed by atoms with Crippen LogP contribution in [0.5, 0.6) is 0 Å². The summed E-state index contributed by atoms with van der Waals surface area (Å²) in [7, 11) is 2.17. The van der Waals surface area contributed by atoms with E-state index in [0.29, 0.717) is 11.6 Å². The Bertz CT molecular complexity index is 454. The summed E-state index contributed by atoms with van der Waals surface area (Å²) in [5.74, 6) is -0.301. The number of hydrogen-bond acceptors (Lipinski definition) is 3. The van der Waals surface area contributed by atoms with Crippen LogP contribution in [0.25, 0.3) is 0 Å². The predicted octanol–water partition coefficient (Wildman–Crippen LogP) is 2.52. The molecule has 0 saturated carbocycles. The molecule has 4 heteroatoms. The molecule has 1 N–H and O–H groups in total. The van der Waals surface area contributed by atoms with Gasteiger partial charge in [-0.1, -0.05) is 32.0 Å². The molecule has 0 bridgehead atoms. The molecule has 2 rings (SSSR count). The number of rotatable bonds is 5. The molecule has 3 atom stereocenters. The van der Waals surface area contributed by atoms with E-state index in [1.54, 1.807) is 18.2 Å². The summed E-state index contributed by atoms with van der Waals surface area (Å²) in [5, 5.41) is 10.4. The minimum absolute atomic E-state index is 0.0165. The van der Waals surface area contributed by atoms with Crippen molar-refractivity contribution in [3.63, 3.8) is 0 Å². The van der Waals surface area contributed by atoms with Gasteiger partial charge in [-0.3, -0.25) is 0 Å². The highest BCUT2D eigenvalue weighted by molar-refractivity contribution is 5.20. The van der Waals surface area contributed by atoms with Gasteiger partial charge in [-0.25, -0.2) is 4.39 Å². The lowest BCUT2D eigenvalue weighted by Gasteiger charge is -2.40. The van der Waals surface area contributed by atoms with Crippen LogP contribution in [-0.2, 0) is 0 Å². The molecule has 1 saturated heterocycles. The first kappa shape index (κ1) is 16.4. The van der Waals surface area contributed by atoms with Gasteiger partial charge < -0.3 is 14.9 Å². The van der Waals surface area contributed by atoms with Crippen LogP contribution in [0, 0.1) is 11.7 Å². The van der Waals surface area contributed by atoms with Gasteiger partial charge in [-0.15, -0.1) is 0 Å². The molecule has 0 amide bonds. The van der Waals surface area contributed by atoms with Crippen molar-refractivity contribution in [3.05, 3.63) is 35.6 Å². The highest BCUT2D eigenvalue weighted by Gasteiger charge is 2.26. The second-order valence-electron chi connectivity index (χ2n) is 6.25. The van der Waals surface area contributed by atoms with E-state index >= 15 is 0 Å². The minimum atomic E-state index is -0.745. The Hall–Kier alpha value is -0.970. The molecule has 0 aromatic heterocycles. The van der Waals surface area contributed by atoms with Crippen LogP contribution in [0.4, 0.5) is 4.39 Å². The summed E-state index contributed by atoms with van der Waals surface area (Å²) < 4.78 is 13.8. The Morgan fingerprint density at radius 1 is 1.33 bits per heavy atom.